The summed E-state index contributed by atoms with van der Waals surface area (Å²) in [5.41, 5.74) is 0.611. The SMILES string of the molecule is CC1CC1(CCl)C1CCC1. The fourth-order valence-corrected chi connectivity index (χ4v) is 2.95. The molecular formula is C9H15Cl. The normalized spacial score (nSPS) is 46.8. The van der Waals surface area contributed by atoms with Crippen LogP contribution in [0.1, 0.15) is 32.6 Å². The van der Waals surface area contributed by atoms with Crippen LogP contribution >= 0.6 is 11.6 Å². The summed E-state index contributed by atoms with van der Waals surface area (Å²) in [6.45, 7) is 2.35. The molecule has 10 heavy (non-hydrogen) atoms. The van der Waals surface area contributed by atoms with Gasteiger partial charge in [-0.2, -0.15) is 0 Å². The summed E-state index contributed by atoms with van der Waals surface area (Å²) in [6, 6.07) is 0. The van der Waals surface area contributed by atoms with Crippen LogP contribution in [0.15, 0.2) is 0 Å². The highest BCUT2D eigenvalue weighted by Crippen LogP contribution is 2.63. The molecule has 2 saturated carbocycles. The molecule has 0 spiro atoms. The maximum Gasteiger partial charge on any atom is 0.0285 e. The summed E-state index contributed by atoms with van der Waals surface area (Å²) in [4.78, 5) is 0. The predicted octanol–water partition coefficient (Wildman–Crippen LogP) is 3.05. The molecule has 2 fully saturated rings. The summed E-state index contributed by atoms with van der Waals surface area (Å²) in [6.07, 6.45) is 5.77. The Kier molecular flexibility index (Phi) is 1.49. The maximum atomic E-state index is 5.96. The van der Waals surface area contributed by atoms with E-state index in [0.717, 1.165) is 17.7 Å². The van der Waals surface area contributed by atoms with E-state index in [1.54, 1.807) is 0 Å². The minimum Gasteiger partial charge on any atom is -0.126 e. The first-order valence-corrected chi connectivity index (χ1v) is 4.89. The zero-order valence-electron chi connectivity index (χ0n) is 6.57. The molecule has 2 unspecified atom stereocenters. The van der Waals surface area contributed by atoms with Crippen molar-refractivity contribution in [3.63, 3.8) is 0 Å². The Balaban J connectivity index is 1.99. The minimum atomic E-state index is 0.611. The summed E-state index contributed by atoms with van der Waals surface area (Å²) in [5, 5.41) is 0. The van der Waals surface area contributed by atoms with E-state index < -0.39 is 0 Å². The minimum absolute atomic E-state index is 0.611. The van der Waals surface area contributed by atoms with E-state index in [1.807, 2.05) is 0 Å². The second-order valence-electron chi connectivity index (χ2n) is 4.10. The van der Waals surface area contributed by atoms with Crippen LogP contribution in [0.25, 0.3) is 0 Å². The molecular weight excluding hydrogens is 144 g/mol. The van der Waals surface area contributed by atoms with Gasteiger partial charge in [0.2, 0.25) is 0 Å². The molecule has 0 aromatic rings. The second kappa shape index (κ2) is 2.14. The van der Waals surface area contributed by atoms with Crippen LogP contribution in [0.5, 0.6) is 0 Å². The van der Waals surface area contributed by atoms with E-state index in [0.29, 0.717) is 5.41 Å². The monoisotopic (exact) mass is 158 g/mol. The fourth-order valence-electron chi connectivity index (χ4n) is 2.36. The van der Waals surface area contributed by atoms with Gasteiger partial charge < -0.3 is 0 Å². The third kappa shape index (κ3) is 0.747. The maximum absolute atomic E-state index is 5.96. The van der Waals surface area contributed by atoms with Crippen molar-refractivity contribution in [1.82, 2.24) is 0 Å². The van der Waals surface area contributed by atoms with E-state index in [4.69, 9.17) is 11.6 Å². The van der Waals surface area contributed by atoms with Crippen LogP contribution in [0.4, 0.5) is 0 Å². The Bertz CT molecular complexity index is 136. The van der Waals surface area contributed by atoms with E-state index in [-0.39, 0.29) is 0 Å². The molecule has 2 aliphatic carbocycles. The molecule has 0 saturated heterocycles. The lowest BCUT2D eigenvalue weighted by Gasteiger charge is -2.33. The van der Waals surface area contributed by atoms with E-state index in [1.165, 1.54) is 25.7 Å². The Morgan fingerprint density at radius 1 is 1.50 bits per heavy atom. The first-order chi connectivity index (χ1) is 4.79. The molecule has 0 aromatic heterocycles. The highest BCUT2D eigenvalue weighted by molar-refractivity contribution is 6.18. The van der Waals surface area contributed by atoms with Crippen molar-refractivity contribution in [1.29, 1.82) is 0 Å². The van der Waals surface area contributed by atoms with Crippen LogP contribution in [-0.2, 0) is 0 Å². The Morgan fingerprint density at radius 2 is 2.10 bits per heavy atom. The highest BCUT2D eigenvalue weighted by atomic mass is 35.5. The molecule has 58 valence electrons. The molecule has 0 heterocycles. The lowest BCUT2D eigenvalue weighted by molar-refractivity contribution is 0.191. The number of alkyl halides is 1. The summed E-state index contributed by atoms with van der Waals surface area (Å²) >= 11 is 5.96. The number of rotatable bonds is 2. The van der Waals surface area contributed by atoms with Gasteiger partial charge in [0.1, 0.15) is 0 Å². The fraction of sp³-hybridized carbons (Fsp3) is 1.00. The standard InChI is InChI=1S/C9H15Cl/c1-7-5-9(7,6-10)8-3-2-4-8/h7-8H,2-6H2,1H3. The predicted molar refractivity (Wildman–Crippen MR) is 44.3 cm³/mol. The lowest BCUT2D eigenvalue weighted by atomic mass is 9.73. The quantitative estimate of drug-likeness (QED) is 0.542. The largest absolute Gasteiger partial charge is 0.126 e. The van der Waals surface area contributed by atoms with Gasteiger partial charge in [0.25, 0.3) is 0 Å². The summed E-state index contributed by atoms with van der Waals surface area (Å²) in [7, 11) is 0. The van der Waals surface area contributed by atoms with Crippen molar-refractivity contribution in [3.05, 3.63) is 0 Å². The van der Waals surface area contributed by atoms with Gasteiger partial charge in [-0.05, 0) is 36.5 Å². The van der Waals surface area contributed by atoms with Crippen molar-refractivity contribution < 1.29 is 0 Å². The molecule has 0 radical (unpaired) electrons. The van der Waals surface area contributed by atoms with E-state index >= 15 is 0 Å². The van der Waals surface area contributed by atoms with Crippen LogP contribution in [-0.4, -0.2) is 5.88 Å². The van der Waals surface area contributed by atoms with Gasteiger partial charge in [-0.25, -0.2) is 0 Å². The average Bonchev–Trinajstić information content (AvgIpc) is 2.39. The van der Waals surface area contributed by atoms with Crippen molar-refractivity contribution in [3.8, 4) is 0 Å². The van der Waals surface area contributed by atoms with Gasteiger partial charge in [0, 0.05) is 5.88 Å². The van der Waals surface area contributed by atoms with Crippen LogP contribution in [0.2, 0.25) is 0 Å². The van der Waals surface area contributed by atoms with Gasteiger partial charge in [0.15, 0.2) is 0 Å². The molecule has 0 aliphatic heterocycles. The lowest BCUT2D eigenvalue weighted by Crippen LogP contribution is -2.26. The molecule has 1 heteroatoms. The third-order valence-corrected chi connectivity index (χ3v) is 4.17. The Labute approximate surface area is 68.0 Å². The molecule has 2 atom stereocenters. The number of halogens is 1. The first kappa shape index (κ1) is 6.97. The van der Waals surface area contributed by atoms with Gasteiger partial charge >= 0.3 is 0 Å². The third-order valence-electron chi connectivity index (χ3n) is 3.67. The topological polar surface area (TPSA) is 0 Å². The molecule has 2 rings (SSSR count). The van der Waals surface area contributed by atoms with Crippen LogP contribution in [0.3, 0.4) is 0 Å². The number of hydrogen-bond donors (Lipinski definition) is 0. The second-order valence-corrected chi connectivity index (χ2v) is 4.37. The molecule has 0 aromatic carbocycles. The van der Waals surface area contributed by atoms with Crippen molar-refractivity contribution in [2.75, 3.05) is 5.88 Å². The Morgan fingerprint density at radius 3 is 2.20 bits per heavy atom. The molecule has 0 nitrogen and oxygen atoms in total. The zero-order chi connectivity index (χ0) is 7.19. The molecule has 0 amide bonds. The molecule has 2 aliphatic rings. The van der Waals surface area contributed by atoms with E-state index in [9.17, 15) is 0 Å². The highest BCUT2D eigenvalue weighted by Gasteiger charge is 2.56. The molecule has 0 bridgehead atoms. The van der Waals surface area contributed by atoms with Gasteiger partial charge in [-0.15, -0.1) is 11.6 Å². The van der Waals surface area contributed by atoms with Crippen molar-refractivity contribution >= 4 is 11.6 Å². The Hall–Kier alpha value is 0.290. The average molecular weight is 159 g/mol. The van der Waals surface area contributed by atoms with Crippen molar-refractivity contribution in [2.45, 2.75) is 32.6 Å². The van der Waals surface area contributed by atoms with Crippen LogP contribution < -0.4 is 0 Å². The van der Waals surface area contributed by atoms with Crippen molar-refractivity contribution in [2.24, 2.45) is 17.3 Å². The summed E-state index contributed by atoms with van der Waals surface area (Å²) in [5.74, 6) is 2.84. The smallest absolute Gasteiger partial charge is 0.0285 e. The van der Waals surface area contributed by atoms with Gasteiger partial charge in [0.05, 0.1) is 0 Å². The first-order valence-electron chi connectivity index (χ1n) is 4.35. The summed E-state index contributed by atoms with van der Waals surface area (Å²) < 4.78 is 0. The van der Waals surface area contributed by atoms with Crippen LogP contribution in [0, 0.1) is 17.3 Å². The molecule has 0 N–H and O–H groups in total. The zero-order valence-corrected chi connectivity index (χ0v) is 7.32. The van der Waals surface area contributed by atoms with Gasteiger partial charge in [-0.1, -0.05) is 13.3 Å². The number of hydrogen-bond acceptors (Lipinski definition) is 0. The van der Waals surface area contributed by atoms with E-state index in [2.05, 4.69) is 6.92 Å². The van der Waals surface area contributed by atoms with Gasteiger partial charge in [-0.3, -0.25) is 0 Å².